The number of hydrogen-bond donors (Lipinski definition) is 3. The number of methoxy groups -OCH3 is 1. The normalized spacial score (nSPS) is 17.9. The molecule has 0 bridgehead atoms. The monoisotopic (exact) mass is 293 g/mol. The molecule has 0 saturated carbocycles. The first-order valence-corrected chi connectivity index (χ1v) is 6.96. The second kappa shape index (κ2) is 7.26. The Kier molecular flexibility index (Phi) is 5.38. The Morgan fingerprint density at radius 1 is 1.38 bits per heavy atom. The van der Waals surface area contributed by atoms with Gasteiger partial charge in [-0.15, -0.1) is 0 Å². The van der Waals surface area contributed by atoms with Crippen molar-refractivity contribution in [3.8, 4) is 5.75 Å². The third-order valence-corrected chi connectivity index (χ3v) is 3.68. The molecule has 1 aromatic rings. The summed E-state index contributed by atoms with van der Waals surface area (Å²) >= 11 is 0. The van der Waals surface area contributed by atoms with Crippen molar-refractivity contribution in [1.29, 1.82) is 0 Å². The molecular formula is C14H23N5O2. The van der Waals surface area contributed by atoms with Crippen molar-refractivity contribution < 1.29 is 9.94 Å². The largest absolute Gasteiger partial charge is 0.496 e. The molecule has 1 aliphatic rings. The highest BCUT2D eigenvalue weighted by Gasteiger charge is 2.14. The summed E-state index contributed by atoms with van der Waals surface area (Å²) in [6.07, 6.45) is 0. The molecule has 1 saturated heterocycles. The second-order valence-corrected chi connectivity index (χ2v) is 5.14. The predicted molar refractivity (Wildman–Crippen MR) is 81.4 cm³/mol. The highest BCUT2D eigenvalue weighted by molar-refractivity contribution is 5.97. The van der Waals surface area contributed by atoms with Crippen LogP contribution in [0.5, 0.6) is 5.75 Å². The SMILES string of the molecule is COc1ccc(/C(N)=N/O)cc1CNN1CCN(C)CC1. The fourth-order valence-corrected chi connectivity index (χ4v) is 2.30. The fraction of sp³-hybridized carbons (Fsp3) is 0.500. The molecule has 7 heteroatoms. The highest BCUT2D eigenvalue weighted by Crippen LogP contribution is 2.20. The zero-order valence-electron chi connectivity index (χ0n) is 12.5. The van der Waals surface area contributed by atoms with E-state index >= 15 is 0 Å². The summed E-state index contributed by atoms with van der Waals surface area (Å²) in [5.41, 5.74) is 10.7. The number of hydrazine groups is 1. The van der Waals surface area contributed by atoms with Crippen molar-refractivity contribution in [3.05, 3.63) is 29.3 Å². The van der Waals surface area contributed by atoms with Crippen molar-refractivity contribution in [2.24, 2.45) is 10.9 Å². The van der Waals surface area contributed by atoms with Gasteiger partial charge in [-0.3, -0.25) is 5.43 Å². The lowest BCUT2D eigenvalue weighted by atomic mass is 10.1. The number of piperazine rings is 1. The molecule has 116 valence electrons. The van der Waals surface area contributed by atoms with Crippen molar-refractivity contribution in [2.45, 2.75) is 6.54 Å². The van der Waals surface area contributed by atoms with E-state index in [1.54, 1.807) is 13.2 Å². The molecule has 1 heterocycles. The van der Waals surface area contributed by atoms with Crippen molar-refractivity contribution in [3.63, 3.8) is 0 Å². The van der Waals surface area contributed by atoms with Crippen LogP contribution in [0.1, 0.15) is 11.1 Å². The molecule has 0 spiro atoms. The molecule has 0 aliphatic carbocycles. The van der Waals surface area contributed by atoms with E-state index in [1.165, 1.54) is 0 Å². The second-order valence-electron chi connectivity index (χ2n) is 5.14. The predicted octanol–water partition coefficient (Wildman–Crippen LogP) is 0.0417. The number of ether oxygens (including phenoxy) is 1. The minimum Gasteiger partial charge on any atom is -0.496 e. The number of nitrogens with two attached hydrogens (primary N) is 1. The molecule has 0 unspecified atom stereocenters. The van der Waals surface area contributed by atoms with Crippen LogP contribution < -0.4 is 15.9 Å². The molecule has 1 aliphatic heterocycles. The topological polar surface area (TPSA) is 86.3 Å². The number of rotatable bonds is 5. The van der Waals surface area contributed by atoms with Gasteiger partial charge in [0.1, 0.15) is 5.75 Å². The van der Waals surface area contributed by atoms with Crippen LogP contribution in [-0.2, 0) is 6.54 Å². The zero-order chi connectivity index (χ0) is 15.2. The molecule has 21 heavy (non-hydrogen) atoms. The Bertz CT molecular complexity index is 498. The summed E-state index contributed by atoms with van der Waals surface area (Å²) < 4.78 is 5.36. The maximum absolute atomic E-state index is 8.77. The fourth-order valence-electron chi connectivity index (χ4n) is 2.30. The number of nitrogens with one attached hydrogen (secondary N) is 1. The molecule has 1 aromatic carbocycles. The number of amidine groups is 1. The smallest absolute Gasteiger partial charge is 0.170 e. The maximum Gasteiger partial charge on any atom is 0.170 e. The first kappa shape index (κ1) is 15.6. The molecule has 1 fully saturated rings. The summed E-state index contributed by atoms with van der Waals surface area (Å²) in [6, 6.07) is 5.47. The Labute approximate surface area is 124 Å². The molecule has 0 atom stereocenters. The minimum absolute atomic E-state index is 0.0958. The summed E-state index contributed by atoms with van der Waals surface area (Å²) in [6.45, 7) is 4.71. The van der Waals surface area contributed by atoms with Crippen molar-refractivity contribution in [2.75, 3.05) is 40.3 Å². The van der Waals surface area contributed by atoms with E-state index in [-0.39, 0.29) is 5.84 Å². The number of oxime groups is 1. The standard InChI is InChI=1S/C14H23N5O2/c1-18-5-7-19(8-6-18)16-10-12-9-11(14(15)17-20)3-4-13(12)21-2/h3-4,9,16,20H,5-8,10H2,1-2H3,(H2,15,17). The van der Waals surface area contributed by atoms with E-state index in [2.05, 4.69) is 27.5 Å². The lowest BCUT2D eigenvalue weighted by Crippen LogP contribution is -2.50. The van der Waals surface area contributed by atoms with Crippen LogP contribution in [0, 0.1) is 0 Å². The van der Waals surface area contributed by atoms with Gasteiger partial charge in [-0.05, 0) is 25.2 Å². The Morgan fingerprint density at radius 2 is 2.10 bits per heavy atom. The van der Waals surface area contributed by atoms with Gasteiger partial charge in [0.05, 0.1) is 7.11 Å². The van der Waals surface area contributed by atoms with Gasteiger partial charge in [0.25, 0.3) is 0 Å². The van der Waals surface area contributed by atoms with Gasteiger partial charge in [-0.25, -0.2) is 5.01 Å². The summed E-state index contributed by atoms with van der Waals surface area (Å²) in [5, 5.41) is 14.0. The van der Waals surface area contributed by atoms with Crippen LogP contribution in [0.2, 0.25) is 0 Å². The average Bonchev–Trinajstić information content (AvgIpc) is 2.53. The van der Waals surface area contributed by atoms with E-state index in [0.29, 0.717) is 12.1 Å². The number of nitrogens with zero attached hydrogens (tertiary/aromatic N) is 3. The molecule has 0 radical (unpaired) electrons. The molecule has 0 aromatic heterocycles. The molecule has 7 nitrogen and oxygen atoms in total. The first-order chi connectivity index (χ1) is 10.1. The summed E-state index contributed by atoms with van der Waals surface area (Å²) in [7, 11) is 3.76. The van der Waals surface area contributed by atoms with Crippen LogP contribution in [0.25, 0.3) is 0 Å². The van der Waals surface area contributed by atoms with Gasteiger partial charge in [-0.2, -0.15) is 0 Å². The van der Waals surface area contributed by atoms with E-state index < -0.39 is 0 Å². The Hall–Kier alpha value is -1.83. The van der Waals surface area contributed by atoms with Crippen molar-refractivity contribution in [1.82, 2.24) is 15.3 Å². The van der Waals surface area contributed by atoms with Gasteiger partial charge in [0, 0.05) is 43.9 Å². The Morgan fingerprint density at radius 3 is 2.71 bits per heavy atom. The number of benzene rings is 1. The lowest BCUT2D eigenvalue weighted by Gasteiger charge is -2.32. The quantitative estimate of drug-likeness (QED) is 0.308. The summed E-state index contributed by atoms with van der Waals surface area (Å²) in [4.78, 5) is 2.30. The highest BCUT2D eigenvalue weighted by atomic mass is 16.5. The van der Waals surface area contributed by atoms with Gasteiger partial charge in [0.2, 0.25) is 0 Å². The molecular weight excluding hydrogens is 270 g/mol. The molecule has 0 amide bonds. The minimum atomic E-state index is 0.0958. The molecule has 2 rings (SSSR count). The maximum atomic E-state index is 8.77. The van der Waals surface area contributed by atoms with Gasteiger partial charge < -0.3 is 20.6 Å². The van der Waals surface area contributed by atoms with E-state index in [9.17, 15) is 0 Å². The lowest BCUT2D eigenvalue weighted by molar-refractivity contribution is 0.102. The third kappa shape index (κ3) is 4.07. The van der Waals surface area contributed by atoms with Gasteiger partial charge >= 0.3 is 0 Å². The first-order valence-electron chi connectivity index (χ1n) is 6.96. The van der Waals surface area contributed by atoms with E-state index in [0.717, 1.165) is 37.5 Å². The zero-order valence-corrected chi connectivity index (χ0v) is 12.5. The van der Waals surface area contributed by atoms with Crippen LogP contribution in [-0.4, -0.2) is 61.3 Å². The van der Waals surface area contributed by atoms with Crippen molar-refractivity contribution >= 4 is 5.84 Å². The van der Waals surface area contributed by atoms with E-state index in [1.807, 2.05) is 12.1 Å². The van der Waals surface area contributed by atoms with Crippen LogP contribution in [0.15, 0.2) is 23.4 Å². The van der Waals surface area contributed by atoms with E-state index in [4.69, 9.17) is 15.7 Å². The average molecular weight is 293 g/mol. The third-order valence-electron chi connectivity index (χ3n) is 3.68. The number of likely N-dealkylation sites (N-methyl/N-ethyl adjacent to an activating group) is 1. The summed E-state index contributed by atoms with van der Waals surface area (Å²) in [5.74, 6) is 0.879. The Balaban J connectivity index is 2.03. The van der Waals surface area contributed by atoms with Crippen LogP contribution >= 0.6 is 0 Å². The van der Waals surface area contributed by atoms with Gasteiger partial charge in [-0.1, -0.05) is 5.16 Å². The van der Waals surface area contributed by atoms with Gasteiger partial charge in [0.15, 0.2) is 5.84 Å². The van der Waals surface area contributed by atoms with Crippen LogP contribution in [0.4, 0.5) is 0 Å². The molecule has 4 N–H and O–H groups in total. The van der Waals surface area contributed by atoms with Crippen LogP contribution in [0.3, 0.4) is 0 Å². The number of hydrogen-bond acceptors (Lipinski definition) is 6.